The molecule has 0 fully saturated rings. The molecule has 0 aliphatic carbocycles. The molecule has 1 amide bonds. The summed E-state index contributed by atoms with van der Waals surface area (Å²) in [6, 6.07) is 20.9. The molecule has 0 bridgehead atoms. The lowest BCUT2D eigenvalue weighted by atomic mass is 10.2. The molecule has 0 aromatic heterocycles. The Morgan fingerprint density at radius 3 is 2.37 bits per heavy atom. The highest BCUT2D eigenvalue weighted by molar-refractivity contribution is 14.1. The molecule has 30 heavy (non-hydrogen) atoms. The third-order valence-electron chi connectivity index (χ3n) is 4.06. The molecule has 5 nitrogen and oxygen atoms in total. The van der Waals surface area contributed by atoms with Crippen molar-refractivity contribution >= 4 is 57.3 Å². The van der Waals surface area contributed by atoms with E-state index in [1.807, 2.05) is 55.5 Å². The van der Waals surface area contributed by atoms with Gasteiger partial charge in [0.25, 0.3) is 5.91 Å². The van der Waals surface area contributed by atoms with Gasteiger partial charge in [-0.05, 0) is 87.5 Å². The Balaban J connectivity index is 1.66. The Morgan fingerprint density at radius 2 is 1.67 bits per heavy atom. The number of hydrogen-bond donors (Lipinski definition) is 1. The second-order valence-corrected chi connectivity index (χ2v) is 8.54. The molecule has 154 valence electrons. The second kappa shape index (κ2) is 11.3. The average molecular weight is 626 g/mol. The number of benzene rings is 3. The zero-order valence-electron chi connectivity index (χ0n) is 16.3. The summed E-state index contributed by atoms with van der Waals surface area (Å²) in [5.41, 5.74) is 4.92. The number of nitrogens with zero attached hydrogens (tertiary/aromatic N) is 1. The second-order valence-electron chi connectivity index (χ2n) is 6.22. The van der Waals surface area contributed by atoms with E-state index in [4.69, 9.17) is 9.47 Å². The number of nitrogens with one attached hydrogen (secondary N) is 1. The predicted octanol–water partition coefficient (Wildman–Crippen LogP) is 5.64. The van der Waals surface area contributed by atoms with Crippen LogP contribution in [-0.4, -0.2) is 18.7 Å². The fourth-order valence-corrected chi connectivity index (χ4v) is 4.81. The Bertz CT molecular complexity index is 1020. The Kier molecular flexibility index (Phi) is 8.50. The third kappa shape index (κ3) is 6.18. The van der Waals surface area contributed by atoms with E-state index in [9.17, 15) is 4.79 Å². The SMILES string of the molecule is CCOc1c(I)cc(/C=N/NC(=O)c2ccccc2OCc2ccccc2)cc1I. The first-order valence-electron chi connectivity index (χ1n) is 9.29. The van der Waals surface area contributed by atoms with Crippen molar-refractivity contribution in [2.24, 2.45) is 5.10 Å². The van der Waals surface area contributed by atoms with E-state index in [2.05, 4.69) is 55.7 Å². The number of para-hydroxylation sites is 1. The van der Waals surface area contributed by atoms with Gasteiger partial charge in [-0.25, -0.2) is 5.43 Å². The van der Waals surface area contributed by atoms with Crippen molar-refractivity contribution in [2.45, 2.75) is 13.5 Å². The molecular weight excluding hydrogens is 606 g/mol. The van der Waals surface area contributed by atoms with Crippen LogP contribution in [0.5, 0.6) is 11.5 Å². The van der Waals surface area contributed by atoms with Crippen LogP contribution < -0.4 is 14.9 Å². The first-order valence-corrected chi connectivity index (χ1v) is 11.4. The molecule has 0 spiro atoms. The van der Waals surface area contributed by atoms with Crippen LogP contribution in [-0.2, 0) is 6.61 Å². The highest BCUT2D eigenvalue weighted by atomic mass is 127. The number of hydrazone groups is 1. The molecule has 0 saturated carbocycles. The number of carbonyl (C=O) groups excluding carboxylic acids is 1. The lowest BCUT2D eigenvalue weighted by Crippen LogP contribution is -2.18. The Morgan fingerprint density at radius 1 is 1.00 bits per heavy atom. The van der Waals surface area contributed by atoms with E-state index in [0.717, 1.165) is 24.0 Å². The van der Waals surface area contributed by atoms with Gasteiger partial charge < -0.3 is 9.47 Å². The molecule has 0 saturated heterocycles. The van der Waals surface area contributed by atoms with E-state index < -0.39 is 0 Å². The molecule has 3 aromatic rings. The summed E-state index contributed by atoms with van der Waals surface area (Å²) in [7, 11) is 0. The number of halogens is 2. The minimum atomic E-state index is -0.328. The first-order chi connectivity index (χ1) is 14.6. The van der Waals surface area contributed by atoms with Crippen molar-refractivity contribution in [1.82, 2.24) is 5.43 Å². The van der Waals surface area contributed by atoms with Crippen LogP contribution in [0.3, 0.4) is 0 Å². The van der Waals surface area contributed by atoms with Crippen LogP contribution in [0.2, 0.25) is 0 Å². The molecule has 0 atom stereocenters. The fraction of sp³-hybridized carbons (Fsp3) is 0.130. The standard InChI is InChI=1S/C23H20I2N2O3/c1-2-29-22-19(24)12-17(13-20(22)25)14-26-27-23(28)18-10-6-7-11-21(18)30-15-16-8-4-3-5-9-16/h3-14H,2,15H2,1H3,(H,27,28)/b26-14+. The summed E-state index contributed by atoms with van der Waals surface area (Å²) in [6.45, 7) is 2.96. The zero-order chi connectivity index (χ0) is 21.3. The van der Waals surface area contributed by atoms with Gasteiger partial charge in [0.2, 0.25) is 0 Å². The maximum atomic E-state index is 12.6. The van der Waals surface area contributed by atoms with Gasteiger partial charge in [-0.3, -0.25) is 4.79 Å². The van der Waals surface area contributed by atoms with E-state index in [1.54, 1.807) is 24.4 Å². The summed E-state index contributed by atoms with van der Waals surface area (Å²) in [5.74, 6) is 1.05. The van der Waals surface area contributed by atoms with Crippen LogP contribution in [0.15, 0.2) is 71.8 Å². The van der Waals surface area contributed by atoms with Gasteiger partial charge in [0, 0.05) is 0 Å². The van der Waals surface area contributed by atoms with Crippen molar-refractivity contribution in [3.8, 4) is 11.5 Å². The topological polar surface area (TPSA) is 59.9 Å². The van der Waals surface area contributed by atoms with Crippen molar-refractivity contribution in [1.29, 1.82) is 0 Å². The fourth-order valence-electron chi connectivity index (χ4n) is 2.68. The minimum absolute atomic E-state index is 0.328. The maximum Gasteiger partial charge on any atom is 0.275 e. The minimum Gasteiger partial charge on any atom is -0.492 e. The van der Waals surface area contributed by atoms with Crippen molar-refractivity contribution in [2.75, 3.05) is 6.61 Å². The highest BCUT2D eigenvalue weighted by Gasteiger charge is 2.12. The number of hydrogen-bond acceptors (Lipinski definition) is 4. The van der Waals surface area contributed by atoms with Crippen LogP contribution >= 0.6 is 45.2 Å². The largest absolute Gasteiger partial charge is 0.492 e. The molecule has 0 unspecified atom stereocenters. The van der Waals surface area contributed by atoms with Gasteiger partial charge in [-0.2, -0.15) is 5.10 Å². The van der Waals surface area contributed by atoms with E-state index in [-0.39, 0.29) is 5.91 Å². The number of ether oxygens (including phenoxy) is 2. The molecule has 0 heterocycles. The molecule has 7 heteroatoms. The molecular formula is C23H20I2N2O3. The summed E-state index contributed by atoms with van der Waals surface area (Å²) in [5, 5.41) is 4.11. The smallest absolute Gasteiger partial charge is 0.275 e. The van der Waals surface area contributed by atoms with E-state index >= 15 is 0 Å². The number of rotatable bonds is 8. The van der Waals surface area contributed by atoms with Gasteiger partial charge in [-0.1, -0.05) is 42.5 Å². The van der Waals surface area contributed by atoms with Gasteiger partial charge in [0.1, 0.15) is 18.1 Å². The normalized spacial score (nSPS) is 10.8. The third-order valence-corrected chi connectivity index (χ3v) is 5.66. The van der Waals surface area contributed by atoms with E-state index in [0.29, 0.717) is 24.5 Å². The zero-order valence-corrected chi connectivity index (χ0v) is 20.6. The van der Waals surface area contributed by atoms with Gasteiger partial charge in [0.15, 0.2) is 0 Å². The van der Waals surface area contributed by atoms with E-state index in [1.165, 1.54) is 0 Å². The number of carbonyl (C=O) groups is 1. The molecule has 1 N–H and O–H groups in total. The molecule has 3 aromatic carbocycles. The summed E-state index contributed by atoms with van der Waals surface area (Å²) < 4.78 is 13.5. The Labute approximate surface area is 203 Å². The van der Waals surface area contributed by atoms with Crippen LogP contribution in [0.25, 0.3) is 0 Å². The monoisotopic (exact) mass is 626 g/mol. The molecule has 0 aliphatic heterocycles. The van der Waals surface area contributed by atoms with Gasteiger partial charge in [0.05, 0.1) is 25.5 Å². The first kappa shape index (κ1) is 22.5. The van der Waals surface area contributed by atoms with Gasteiger partial charge in [-0.15, -0.1) is 0 Å². The van der Waals surface area contributed by atoms with Crippen molar-refractivity contribution in [3.63, 3.8) is 0 Å². The lowest BCUT2D eigenvalue weighted by Gasteiger charge is -2.10. The van der Waals surface area contributed by atoms with Gasteiger partial charge >= 0.3 is 0 Å². The molecule has 3 rings (SSSR count). The Hall–Kier alpha value is -2.14. The van der Waals surface area contributed by atoms with Crippen LogP contribution in [0.4, 0.5) is 0 Å². The molecule has 0 aliphatic rings. The summed E-state index contributed by atoms with van der Waals surface area (Å²) in [6.07, 6.45) is 1.62. The maximum absolute atomic E-state index is 12.6. The number of amides is 1. The van der Waals surface area contributed by atoms with Crippen molar-refractivity contribution < 1.29 is 14.3 Å². The van der Waals surface area contributed by atoms with Crippen LogP contribution in [0.1, 0.15) is 28.4 Å². The summed E-state index contributed by atoms with van der Waals surface area (Å²) in [4.78, 5) is 12.6. The quantitative estimate of drug-likeness (QED) is 0.200. The molecule has 0 radical (unpaired) electrons. The van der Waals surface area contributed by atoms with Crippen LogP contribution in [0, 0.1) is 7.14 Å². The lowest BCUT2D eigenvalue weighted by molar-refractivity contribution is 0.0950. The highest BCUT2D eigenvalue weighted by Crippen LogP contribution is 2.28. The summed E-state index contributed by atoms with van der Waals surface area (Å²) >= 11 is 4.46. The predicted molar refractivity (Wildman–Crippen MR) is 135 cm³/mol. The average Bonchev–Trinajstić information content (AvgIpc) is 2.76. The van der Waals surface area contributed by atoms with Crippen molar-refractivity contribution in [3.05, 3.63) is 90.6 Å².